The van der Waals surface area contributed by atoms with Crippen LogP contribution in [0.1, 0.15) is 17.0 Å². The zero-order valence-corrected chi connectivity index (χ0v) is 14.2. The SMILES string of the molecule is COC1=C(N)Oc2c(c(=O)oc3ccccc23)C1c1ccc([N+](=O)[O-])cc1. The van der Waals surface area contributed by atoms with Gasteiger partial charge in [-0.15, -0.1) is 0 Å². The first-order valence-electron chi connectivity index (χ1n) is 8.03. The van der Waals surface area contributed by atoms with E-state index in [-0.39, 0.29) is 22.9 Å². The van der Waals surface area contributed by atoms with Crippen molar-refractivity contribution in [2.24, 2.45) is 5.73 Å². The molecule has 1 unspecified atom stereocenters. The van der Waals surface area contributed by atoms with E-state index in [2.05, 4.69) is 0 Å². The molecule has 8 heteroatoms. The molecular formula is C19H14N2O6. The number of rotatable bonds is 3. The molecular weight excluding hydrogens is 352 g/mol. The van der Waals surface area contributed by atoms with Gasteiger partial charge in [-0.05, 0) is 17.7 Å². The van der Waals surface area contributed by atoms with E-state index >= 15 is 0 Å². The van der Waals surface area contributed by atoms with Crippen LogP contribution < -0.4 is 16.1 Å². The second-order valence-electron chi connectivity index (χ2n) is 5.94. The molecule has 3 aromatic rings. The lowest BCUT2D eigenvalue weighted by molar-refractivity contribution is -0.384. The monoisotopic (exact) mass is 366 g/mol. The summed E-state index contributed by atoms with van der Waals surface area (Å²) in [6.07, 6.45) is 0. The fourth-order valence-corrected chi connectivity index (χ4v) is 3.25. The number of benzene rings is 2. The average molecular weight is 366 g/mol. The molecule has 0 saturated heterocycles. The highest BCUT2D eigenvalue weighted by molar-refractivity contribution is 5.85. The molecule has 0 fully saturated rings. The summed E-state index contributed by atoms with van der Waals surface area (Å²) >= 11 is 0. The van der Waals surface area contributed by atoms with E-state index < -0.39 is 16.5 Å². The standard InChI is InChI=1S/C19H14N2O6/c1-25-17-14(10-6-8-11(9-7-10)21(23)24)15-16(27-18(17)20)12-4-2-3-5-13(12)26-19(15)22/h2-9,14H,20H2,1H3. The van der Waals surface area contributed by atoms with Crippen LogP contribution in [0.3, 0.4) is 0 Å². The Bertz CT molecular complexity index is 1150. The fraction of sp³-hybridized carbons (Fsp3) is 0.105. The summed E-state index contributed by atoms with van der Waals surface area (Å²) in [5, 5.41) is 11.5. The number of methoxy groups -OCH3 is 1. The van der Waals surface area contributed by atoms with Crippen LogP contribution in [-0.2, 0) is 4.74 Å². The number of allylic oxidation sites excluding steroid dienone is 1. The topological polar surface area (TPSA) is 118 Å². The molecule has 0 radical (unpaired) electrons. The maximum Gasteiger partial charge on any atom is 0.344 e. The lowest BCUT2D eigenvalue weighted by Crippen LogP contribution is -2.27. The number of para-hydroxylation sites is 1. The van der Waals surface area contributed by atoms with E-state index in [0.717, 1.165) is 0 Å². The Hall–Kier alpha value is -3.81. The van der Waals surface area contributed by atoms with Crippen molar-refractivity contribution in [3.63, 3.8) is 0 Å². The highest BCUT2D eigenvalue weighted by atomic mass is 16.6. The molecule has 0 amide bonds. The Morgan fingerprint density at radius 3 is 2.52 bits per heavy atom. The third-order valence-corrected chi connectivity index (χ3v) is 4.46. The molecule has 0 saturated carbocycles. The number of nitro groups is 1. The molecule has 1 aliphatic rings. The van der Waals surface area contributed by atoms with Crippen LogP contribution in [0.4, 0.5) is 5.69 Å². The number of hydrogen-bond acceptors (Lipinski definition) is 7. The van der Waals surface area contributed by atoms with E-state index in [1.165, 1.54) is 19.2 Å². The second-order valence-corrected chi connectivity index (χ2v) is 5.94. The Morgan fingerprint density at radius 2 is 1.85 bits per heavy atom. The number of non-ortho nitro benzene ring substituents is 1. The zero-order valence-electron chi connectivity index (χ0n) is 14.2. The van der Waals surface area contributed by atoms with E-state index in [9.17, 15) is 14.9 Å². The van der Waals surface area contributed by atoms with Gasteiger partial charge in [0.15, 0.2) is 11.5 Å². The largest absolute Gasteiger partial charge is 0.495 e. The van der Waals surface area contributed by atoms with Gasteiger partial charge in [0.05, 0.1) is 28.9 Å². The lowest BCUT2D eigenvalue weighted by atomic mass is 9.87. The average Bonchev–Trinajstić information content (AvgIpc) is 2.67. The van der Waals surface area contributed by atoms with Gasteiger partial charge in [-0.2, -0.15) is 0 Å². The van der Waals surface area contributed by atoms with Crippen LogP contribution in [0.15, 0.2) is 69.4 Å². The Morgan fingerprint density at radius 1 is 1.15 bits per heavy atom. The summed E-state index contributed by atoms with van der Waals surface area (Å²) in [5.41, 5.74) is 6.58. The first-order valence-corrected chi connectivity index (χ1v) is 8.03. The number of nitrogens with two attached hydrogens (primary N) is 1. The van der Waals surface area contributed by atoms with Gasteiger partial charge >= 0.3 is 5.63 Å². The Labute approximate surface area is 152 Å². The summed E-state index contributed by atoms with van der Waals surface area (Å²) in [7, 11) is 1.41. The molecule has 1 aromatic heterocycles. The minimum absolute atomic E-state index is 0.0177. The van der Waals surface area contributed by atoms with Crippen LogP contribution in [0.25, 0.3) is 11.0 Å². The van der Waals surface area contributed by atoms with Crippen LogP contribution in [0, 0.1) is 10.1 Å². The number of nitrogens with zero attached hydrogens (tertiary/aromatic N) is 1. The van der Waals surface area contributed by atoms with Gasteiger partial charge in [0.1, 0.15) is 5.58 Å². The minimum Gasteiger partial charge on any atom is -0.495 e. The van der Waals surface area contributed by atoms with Gasteiger partial charge in [0.2, 0.25) is 5.88 Å². The van der Waals surface area contributed by atoms with Gasteiger partial charge in [0.25, 0.3) is 5.69 Å². The molecule has 8 nitrogen and oxygen atoms in total. The Kier molecular flexibility index (Phi) is 3.80. The van der Waals surface area contributed by atoms with Crippen molar-refractivity contribution in [3.8, 4) is 5.75 Å². The molecule has 1 atom stereocenters. The van der Waals surface area contributed by atoms with E-state index in [4.69, 9.17) is 19.6 Å². The third-order valence-electron chi connectivity index (χ3n) is 4.46. The number of nitro benzene ring substituents is 1. The summed E-state index contributed by atoms with van der Waals surface area (Å²) in [4.78, 5) is 23.2. The smallest absolute Gasteiger partial charge is 0.344 e. The lowest BCUT2D eigenvalue weighted by Gasteiger charge is -2.27. The number of ether oxygens (including phenoxy) is 2. The van der Waals surface area contributed by atoms with Crippen molar-refractivity contribution in [2.45, 2.75) is 5.92 Å². The maximum absolute atomic E-state index is 12.7. The molecule has 2 aromatic carbocycles. The van der Waals surface area contributed by atoms with Gasteiger partial charge < -0.3 is 19.6 Å². The van der Waals surface area contributed by atoms with Crippen LogP contribution in [0.2, 0.25) is 0 Å². The fourth-order valence-electron chi connectivity index (χ4n) is 3.25. The van der Waals surface area contributed by atoms with Crippen LogP contribution >= 0.6 is 0 Å². The zero-order chi connectivity index (χ0) is 19.1. The van der Waals surface area contributed by atoms with Gasteiger partial charge in [-0.25, -0.2) is 4.79 Å². The quantitative estimate of drug-likeness (QED) is 0.430. The van der Waals surface area contributed by atoms with Crippen molar-refractivity contribution in [3.05, 3.63) is 91.8 Å². The molecule has 0 bridgehead atoms. The predicted molar refractivity (Wildman–Crippen MR) is 96.3 cm³/mol. The third kappa shape index (κ3) is 2.58. The maximum atomic E-state index is 12.7. The van der Waals surface area contributed by atoms with Crippen molar-refractivity contribution in [2.75, 3.05) is 7.11 Å². The molecule has 136 valence electrons. The van der Waals surface area contributed by atoms with Crippen molar-refractivity contribution < 1.29 is 18.8 Å². The van der Waals surface area contributed by atoms with Crippen LogP contribution in [0.5, 0.6) is 5.75 Å². The molecule has 1 aliphatic heterocycles. The summed E-state index contributed by atoms with van der Waals surface area (Å²) in [6, 6.07) is 12.8. The first kappa shape index (κ1) is 16.6. The second kappa shape index (κ2) is 6.17. The number of hydrogen-bond donors (Lipinski definition) is 1. The van der Waals surface area contributed by atoms with Crippen molar-refractivity contribution in [1.29, 1.82) is 0 Å². The van der Waals surface area contributed by atoms with E-state index in [0.29, 0.717) is 22.3 Å². The summed E-state index contributed by atoms with van der Waals surface area (Å²) in [5.74, 6) is -0.160. The van der Waals surface area contributed by atoms with E-state index in [1.54, 1.807) is 36.4 Å². The molecule has 0 aliphatic carbocycles. The molecule has 0 spiro atoms. The highest BCUT2D eigenvalue weighted by Crippen LogP contribution is 2.43. The molecule has 4 rings (SSSR count). The minimum atomic E-state index is -0.708. The molecule has 2 heterocycles. The molecule has 27 heavy (non-hydrogen) atoms. The van der Waals surface area contributed by atoms with Gasteiger partial charge in [-0.1, -0.05) is 24.3 Å². The highest BCUT2D eigenvalue weighted by Gasteiger charge is 2.36. The molecule has 2 N–H and O–H groups in total. The van der Waals surface area contributed by atoms with Gasteiger partial charge in [0, 0.05) is 12.1 Å². The van der Waals surface area contributed by atoms with E-state index in [1.807, 2.05) is 0 Å². The predicted octanol–water partition coefficient (Wildman–Crippen LogP) is 3.00. The van der Waals surface area contributed by atoms with Crippen molar-refractivity contribution in [1.82, 2.24) is 0 Å². The first-order chi connectivity index (χ1) is 13.0. The normalized spacial score (nSPS) is 16.0. The van der Waals surface area contributed by atoms with Crippen LogP contribution in [-0.4, -0.2) is 12.0 Å². The Balaban J connectivity index is 1.99. The van der Waals surface area contributed by atoms with Gasteiger partial charge in [-0.3, -0.25) is 10.1 Å². The summed E-state index contributed by atoms with van der Waals surface area (Å²) < 4.78 is 16.5. The number of fused-ring (bicyclic) bond motifs is 3. The summed E-state index contributed by atoms with van der Waals surface area (Å²) in [6.45, 7) is 0. The van der Waals surface area contributed by atoms with Crippen molar-refractivity contribution >= 4 is 16.7 Å².